The van der Waals surface area contributed by atoms with Crippen LogP contribution in [-0.4, -0.2) is 24.7 Å². The highest BCUT2D eigenvalue weighted by atomic mass is 16.5. The molecular formula is C17H27N3O. The molecule has 1 aromatic rings. The molecule has 1 aromatic heterocycles. The number of hydrogen-bond donors (Lipinski definition) is 1. The Labute approximate surface area is 127 Å². The summed E-state index contributed by atoms with van der Waals surface area (Å²) < 4.78 is 5.66. The molecule has 1 aliphatic carbocycles. The maximum Gasteiger partial charge on any atom is 0.239 e. The third-order valence-electron chi connectivity index (χ3n) is 4.93. The summed E-state index contributed by atoms with van der Waals surface area (Å²) >= 11 is 0. The van der Waals surface area contributed by atoms with E-state index in [4.69, 9.17) is 10.5 Å². The number of aromatic nitrogens is 1. The van der Waals surface area contributed by atoms with Crippen LogP contribution in [0.5, 0.6) is 5.88 Å². The fraction of sp³-hybridized carbons (Fsp3) is 0.706. The molecule has 4 nitrogen and oxygen atoms in total. The molecular weight excluding hydrogens is 262 g/mol. The summed E-state index contributed by atoms with van der Waals surface area (Å²) in [5.74, 6) is 3.42. The Kier molecular flexibility index (Phi) is 4.51. The van der Waals surface area contributed by atoms with Crippen LogP contribution < -0.4 is 15.4 Å². The maximum atomic E-state index is 5.96. The van der Waals surface area contributed by atoms with Gasteiger partial charge in [-0.2, -0.15) is 4.98 Å². The van der Waals surface area contributed by atoms with E-state index in [1.54, 1.807) is 0 Å². The number of fused-ring (bicyclic) bond motifs is 1. The second-order valence-electron chi connectivity index (χ2n) is 6.45. The van der Waals surface area contributed by atoms with Gasteiger partial charge in [0.15, 0.2) is 0 Å². The number of rotatable bonds is 4. The van der Waals surface area contributed by atoms with Gasteiger partial charge in [0, 0.05) is 13.1 Å². The number of nitrogens with two attached hydrogens (primary N) is 1. The summed E-state index contributed by atoms with van der Waals surface area (Å²) in [4.78, 5) is 7.07. The second kappa shape index (κ2) is 6.54. The summed E-state index contributed by atoms with van der Waals surface area (Å²) in [6.07, 6.45) is 7.92. The zero-order valence-corrected chi connectivity index (χ0v) is 13.1. The van der Waals surface area contributed by atoms with Crippen molar-refractivity contribution in [3.63, 3.8) is 0 Å². The van der Waals surface area contributed by atoms with Crippen molar-refractivity contribution in [3.8, 4) is 5.88 Å². The molecule has 1 saturated carbocycles. The topological polar surface area (TPSA) is 51.4 Å². The zero-order valence-electron chi connectivity index (χ0n) is 13.1. The van der Waals surface area contributed by atoms with Crippen molar-refractivity contribution in [1.82, 2.24) is 4.98 Å². The van der Waals surface area contributed by atoms with Gasteiger partial charge in [-0.05, 0) is 43.2 Å². The molecule has 2 N–H and O–H groups in total. The highest BCUT2D eigenvalue weighted by Crippen LogP contribution is 2.37. The lowest BCUT2D eigenvalue weighted by molar-refractivity contribution is 0.202. The fourth-order valence-corrected chi connectivity index (χ4v) is 3.74. The normalized spacial score (nSPS) is 25.5. The smallest absolute Gasteiger partial charge is 0.239 e. The third-order valence-corrected chi connectivity index (χ3v) is 4.93. The third kappa shape index (κ3) is 3.25. The van der Waals surface area contributed by atoms with Crippen molar-refractivity contribution in [2.45, 2.75) is 45.4 Å². The fourth-order valence-electron chi connectivity index (χ4n) is 3.74. The van der Waals surface area contributed by atoms with E-state index in [9.17, 15) is 0 Å². The van der Waals surface area contributed by atoms with Crippen LogP contribution in [-0.2, 0) is 0 Å². The average Bonchev–Trinajstić information content (AvgIpc) is 2.53. The number of pyridine rings is 1. The van der Waals surface area contributed by atoms with E-state index in [0.29, 0.717) is 18.2 Å². The molecule has 4 heteroatoms. The first kappa shape index (κ1) is 14.5. The molecule has 2 atom stereocenters. The van der Waals surface area contributed by atoms with Crippen LogP contribution >= 0.6 is 0 Å². The molecule has 2 heterocycles. The highest BCUT2D eigenvalue weighted by molar-refractivity contribution is 5.54. The molecule has 0 bridgehead atoms. The molecule has 0 aromatic carbocycles. The van der Waals surface area contributed by atoms with Crippen molar-refractivity contribution in [2.75, 3.05) is 30.3 Å². The van der Waals surface area contributed by atoms with Crippen LogP contribution in [0.3, 0.4) is 0 Å². The first-order valence-corrected chi connectivity index (χ1v) is 8.42. The number of piperidine rings is 1. The monoisotopic (exact) mass is 289 g/mol. The Bertz CT molecular complexity index is 477. The summed E-state index contributed by atoms with van der Waals surface area (Å²) in [6, 6.07) is 3.97. The lowest BCUT2D eigenvalue weighted by atomic mass is 9.75. The van der Waals surface area contributed by atoms with Gasteiger partial charge < -0.3 is 15.4 Å². The Morgan fingerprint density at radius 3 is 2.86 bits per heavy atom. The predicted molar refractivity (Wildman–Crippen MR) is 86.7 cm³/mol. The van der Waals surface area contributed by atoms with Gasteiger partial charge >= 0.3 is 0 Å². The summed E-state index contributed by atoms with van der Waals surface area (Å²) in [7, 11) is 0. The Morgan fingerprint density at radius 1 is 1.24 bits per heavy atom. The first-order valence-electron chi connectivity index (χ1n) is 8.42. The Hall–Kier alpha value is -1.45. The number of ether oxygens (including phenoxy) is 1. The number of hydrogen-bond acceptors (Lipinski definition) is 4. The molecule has 2 unspecified atom stereocenters. The minimum absolute atomic E-state index is 0.597. The van der Waals surface area contributed by atoms with Gasteiger partial charge in [0.2, 0.25) is 5.88 Å². The maximum absolute atomic E-state index is 5.96. The summed E-state index contributed by atoms with van der Waals surface area (Å²) in [5, 5.41) is 0. The number of nitrogen functional groups attached to an aromatic ring is 1. The van der Waals surface area contributed by atoms with Gasteiger partial charge in [0.05, 0.1) is 12.3 Å². The second-order valence-corrected chi connectivity index (χ2v) is 6.45. The standard InChI is InChI=1S/C17H27N3O/c1-2-11-21-17-15(18)7-8-16(19-17)20-10-9-13-5-3-4-6-14(13)12-20/h7-8,13-14H,2-6,9-12,18H2,1H3. The average molecular weight is 289 g/mol. The van der Waals surface area contributed by atoms with Crippen LogP contribution in [0.15, 0.2) is 12.1 Å². The van der Waals surface area contributed by atoms with Crippen molar-refractivity contribution in [1.29, 1.82) is 0 Å². The molecule has 0 amide bonds. The van der Waals surface area contributed by atoms with Crippen LogP contribution in [0.1, 0.15) is 45.4 Å². The van der Waals surface area contributed by atoms with Gasteiger partial charge in [-0.1, -0.05) is 26.2 Å². The van der Waals surface area contributed by atoms with E-state index in [0.717, 1.165) is 37.2 Å². The molecule has 1 aliphatic heterocycles. The van der Waals surface area contributed by atoms with Crippen molar-refractivity contribution >= 4 is 11.5 Å². The van der Waals surface area contributed by atoms with E-state index in [-0.39, 0.29) is 0 Å². The van der Waals surface area contributed by atoms with Crippen LogP contribution in [0, 0.1) is 11.8 Å². The van der Waals surface area contributed by atoms with Crippen LogP contribution in [0.4, 0.5) is 11.5 Å². The molecule has 2 aliphatic rings. The van der Waals surface area contributed by atoms with Gasteiger partial charge in [-0.3, -0.25) is 0 Å². The molecule has 0 radical (unpaired) electrons. The van der Waals surface area contributed by atoms with Crippen molar-refractivity contribution < 1.29 is 4.74 Å². The number of anilines is 2. The minimum atomic E-state index is 0.597. The molecule has 0 spiro atoms. The quantitative estimate of drug-likeness (QED) is 0.922. The number of nitrogens with zero attached hydrogens (tertiary/aromatic N) is 2. The van der Waals surface area contributed by atoms with Gasteiger partial charge in [-0.15, -0.1) is 0 Å². The molecule has 21 heavy (non-hydrogen) atoms. The van der Waals surface area contributed by atoms with Gasteiger partial charge in [0.1, 0.15) is 5.82 Å². The van der Waals surface area contributed by atoms with Crippen molar-refractivity contribution in [2.24, 2.45) is 11.8 Å². The molecule has 116 valence electrons. The Morgan fingerprint density at radius 2 is 2.05 bits per heavy atom. The largest absolute Gasteiger partial charge is 0.476 e. The van der Waals surface area contributed by atoms with Gasteiger partial charge in [-0.25, -0.2) is 0 Å². The zero-order chi connectivity index (χ0) is 14.7. The minimum Gasteiger partial charge on any atom is -0.476 e. The van der Waals surface area contributed by atoms with E-state index in [2.05, 4.69) is 16.8 Å². The molecule has 2 fully saturated rings. The first-order chi connectivity index (χ1) is 10.3. The highest BCUT2D eigenvalue weighted by Gasteiger charge is 2.31. The SMILES string of the molecule is CCCOc1nc(N2CCC3CCCCC3C2)ccc1N. The van der Waals surface area contributed by atoms with E-state index in [1.165, 1.54) is 32.1 Å². The lowest BCUT2D eigenvalue weighted by Crippen LogP contribution is -2.42. The summed E-state index contributed by atoms with van der Waals surface area (Å²) in [5.41, 5.74) is 6.60. The Balaban J connectivity index is 1.71. The van der Waals surface area contributed by atoms with Gasteiger partial charge in [0.25, 0.3) is 0 Å². The molecule has 3 rings (SSSR count). The van der Waals surface area contributed by atoms with E-state index in [1.807, 2.05) is 12.1 Å². The lowest BCUT2D eigenvalue weighted by Gasteiger charge is -2.41. The van der Waals surface area contributed by atoms with Crippen LogP contribution in [0.25, 0.3) is 0 Å². The van der Waals surface area contributed by atoms with E-state index >= 15 is 0 Å². The molecule has 1 saturated heterocycles. The summed E-state index contributed by atoms with van der Waals surface area (Å²) in [6.45, 7) is 5.03. The van der Waals surface area contributed by atoms with Crippen molar-refractivity contribution in [3.05, 3.63) is 12.1 Å². The van der Waals surface area contributed by atoms with E-state index < -0.39 is 0 Å². The van der Waals surface area contributed by atoms with Crippen LogP contribution in [0.2, 0.25) is 0 Å². The predicted octanol–water partition coefficient (Wildman–Crippen LogP) is 3.47.